The highest BCUT2D eigenvalue weighted by molar-refractivity contribution is 7.69. The molecule has 7 nitrogen and oxygen atoms in total. The molecule has 10 heteroatoms. The molecule has 6 rings (SSSR count). The molecule has 4 aromatic rings. The van der Waals surface area contributed by atoms with Crippen molar-refractivity contribution in [3.63, 3.8) is 0 Å². The topological polar surface area (TPSA) is 86.1 Å². The standard InChI is InChI=1S/C25H21F2N4O3P/c1-35(2,33)21-9-7-14(12-28-21)13-6-8-16-18(10-13)31-19-11-17(23(31)29-16)30-24(32)15-4-3-5-20(22(15)19)34-25(26)27/h3-10,12,17,19,25H,11H2,1-2H3,(H,30,32)/t17-,19-/m1/s1. The zero-order valence-corrected chi connectivity index (χ0v) is 19.8. The van der Waals surface area contributed by atoms with Crippen LogP contribution in [-0.2, 0) is 4.57 Å². The molecular formula is C25H21F2N4O3P. The van der Waals surface area contributed by atoms with Crippen LogP contribution in [0.25, 0.3) is 22.2 Å². The Morgan fingerprint density at radius 1 is 1.14 bits per heavy atom. The van der Waals surface area contributed by atoms with E-state index in [9.17, 15) is 18.1 Å². The minimum absolute atomic E-state index is 0.00694. The second-order valence-electron chi connectivity index (χ2n) is 9.17. The SMILES string of the molecule is CP(C)(=O)c1ccc(-c2ccc3nc4n(c3c2)[C@@H]2C[C@H]4NC(=O)c3cccc(OC(F)F)c32)cn1. The molecule has 0 unspecified atom stereocenters. The fourth-order valence-corrected chi connectivity index (χ4v) is 5.83. The maximum Gasteiger partial charge on any atom is 0.387 e. The Kier molecular flexibility index (Phi) is 4.83. The van der Waals surface area contributed by atoms with E-state index in [4.69, 9.17) is 9.72 Å². The average molecular weight is 494 g/mol. The molecule has 178 valence electrons. The van der Waals surface area contributed by atoms with E-state index in [1.54, 1.807) is 37.7 Å². The fourth-order valence-electron chi connectivity index (χ4n) is 5.06. The van der Waals surface area contributed by atoms with Gasteiger partial charge in [-0.25, -0.2) is 4.98 Å². The van der Waals surface area contributed by atoms with Crippen molar-refractivity contribution in [1.29, 1.82) is 0 Å². The summed E-state index contributed by atoms with van der Waals surface area (Å²) in [4.78, 5) is 22.0. The summed E-state index contributed by atoms with van der Waals surface area (Å²) in [6, 6.07) is 13.4. The van der Waals surface area contributed by atoms with E-state index in [1.165, 1.54) is 6.07 Å². The molecule has 2 aromatic heterocycles. The molecule has 0 saturated heterocycles. The summed E-state index contributed by atoms with van der Waals surface area (Å²) in [6.45, 7) is 0.354. The van der Waals surface area contributed by atoms with E-state index in [1.807, 2.05) is 28.8 Å². The Labute approximate surface area is 199 Å². The van der Waals surface area contributed by atoms with Gasteiger partial charge in [0.1, 0.15) is 18.7 Å². The summed E-state index contributed by atoms with van der Waals surface area (Å²) in [6.07, 6.45) is 2.19. The number of rotatable bonds is 4. The lowest BCUT2D eigenvalue weighted by molar-refractivity contribution is -0.0507. The first kappa shape index (κ1) is 21.9. The predicted octanol–water partition coefficient (Wildman–Crippen LogP) is 4.73. The number of carbonyl (C=O) groups is 1. The number of ether oxygens (including phenoxy) is 1. The fraction of sp³-hybridized carbons (Fsp3) is 0.240. The number of amides is 1. The molecule has 0 saturated carbocycles. The second kappa shape index (κ2) is 7.71. The third kappa shape index (κ3) is 3.53. The minimum atomic E-state index is -3.01. The molecule has 2 aliphatic rings. The first-order valence-corrected chi connectivity index (χ1v) is 13.7. The van der Waals surface area contributed by atoms with Crippen molar-refractivity contribution in [1.82, 2.24) is 19.9 Å². The number of alkyl halides is 2. The third-order valence-corrected chi connectivity index (χ3v) is 7.97. The highest BCUT2D eigenvalue weighted by Gasteiger charge is 2.42. The molecular weight excluding hydrogens is 473 g/mol. The van der Waals surface area contributed by atoms with E-state index in [0.29, 0.717) is 28.8 Å². The highest BCUT2D eigenvalue weighted by Crippen LogP contribution is 2.47. The van der Waals surface area contributed by atoms with Gasteiger partial charge in [-0.05, 0) is 55.6 Å². The van der Waals surface area contributed by atoms with Gasteiger partial charge in [-0.2, -0.15) is 8.78 Å². The highest BCUT2D eigenvalue weighted by atomic mass is 31.2. The molecule has 0 aliphatic carbocycles. The summed E-state index contributed by atoms with van der Waals surface area (Å²) in [5, 5.41) is 2.99. The number of carbonyl (C=O) groups excluding carboxylic acids is 1. The third-order valence-electron chi connectivity index (χ3n) is 6.60. The Morgan fingerprint density at radius 3 is 2.66 bits per heavy atom. The quantitative estimate of drug-likeness (QED) is 0.415. The van der Waals surface area contributed by atoms with Crippen LogP contribution < -0.4 is 15.5 Å². The molecule has 2 aliphatic heterocycles. The van der Waals surface area contributed by atoms with Crippen LogP contribution in [0.2, 0.25) is 0 Å². The monoisotopic (exact) mass is 494 g/mol. The van der Waals surface area contributed by atoms with Crippen LogP contribution >= 0.6 is 7.14 Å². The Morgan fingerprint density at radius 2 is 1.94 bits per heavy atom. The van der Waals surface area contributed by atoms with Gasteiger partial charge in [0.2, 0.25) is 0 Å². The lowest BCUT2D eigenvalue weighted by Gasteiger charge is -2.21. The van der Waals surface area contributed by atoms with Gasteiger partial charge in [0.15, 0.2) is 0 Å². The van der Waals surface area contributed by atoms with Crippen molar-refractivity contribution in [3.05, 3.63) is 71.7 Å². The summed E-state index contributed by atoms with van der Waals surface area (Å²) in [7, 11) is -2.46. The van der Waals surface area contributed by atoms with Gasteiger partial charge >= 0.3 is 6.61 Å². The molecule has 2 bridgehead atoms. The molecule has 1 amide bonds. The van der Waals surface area contributed by atoms with Crippen molar-refractivity contribution in [2.24, 2.45) is 0 Å². The first-order chi connectivity index (χ1) is 16.7. The van der Waals surface area contributed by atoms with Gasteiger partial charge in [0.25, 0.3) is 5.91 Å². The minimum Gasteiger partial charge on any atom is -0.434 e. The van der Waals surface area contributed by atoms with E-state index >= 15 is 0 Å². The van der Waals surface area contributed by atoms with Crippen LogP contribution in [0, 0.1) is 0 Å². The molecule has 0 radical (unpaired) electrons. The second-order valence-corrected chi connectivity index (χ2v) is 12.3. The van der Waals surface area contributed by atoms with Crippen LogP contribution in [0.1, 0.15) is 40.3 Å². The maximum atomic E-state index is 13.2. The summed E-state index contributed by atoms with van der Waals surface area (Å²) in [5.74, 6) is 0.341. The molecule has 35 heavy (non-hydrogen) atoms. The summed E-state index contributed by atoms with van der Waals surface area (Å²) >= 11 is 0. The molecule has 1 N–H and O–H groups in total. The van der Waals surface area contributed by atoms with Crippen LogP contribution in [0.3, 0.4) is 0 Å². The Bertz CT molecular complexity index is 1540. The molecule has 2 aromatic carbocycles. The van der Waals surface area contributed by atoms with Gasteiger partial charge in [-0.1, -0.05) is 18.2 Å². The largest absolute Gasteiger partial charge is 0.434 e. The van der Waals surface area contributed by atoms with Crippen LogP contribution in [0.15, 0.2) is 54.7 Å². The van der Waals surface area contributed by atoms with Crippen molar-refractivity contribution in [2.75, 3.05) is 13.3 Å². The van der Waals surface area contributed by atoms with Gasteiger partial charge < -0.3 is 19.2 Å². The number of nitrogens with one attached hydrogen (secondary N) is 1. The van der Waals surface area contributed by atoms with Crippen LogP contribution in [0.5, 0.6) is 5.75 Å². The zero-order valence-electron chi connectivity index (χ0n) is 18.9. The number of benzene rings is 2. The summed E-state index contributed by atoms with van der Waals surface area (Å²) < 4.78 is 45.5. The molecule has 0 spiro atoms. The van der Waals surface area contributed by atoms with Gasteiger partial charge in [-0.15, -0.1) is 0 Å². The van der Waals surface area contributed by atoms with Crippen molar-refractivity contribution in [3.8, 4) is 16.9 Å². The first-order valence-electron chi connectivity index (χ1n) is 11.1. The van der Waals surface area contributed by atoms with Crippen molar-refractivity contribution in [2.45, 2.75) is 25.1 Å². The number of nitrogens with zero attached hydrogens (tertiary/aromatic N) is 3. The smallest absolute Gasteiger partial charge is 0.387 e. The molecule has 0 fully saturated rings. The van der Waals surface area contributed by atoms with E-state index in [-0.39, 0.29) is 17.7 Å². The summed E-state index contributed by atoms with van der Waals surface area (Å²) in [5.41, 5.74) is 4.62. The molecule has 4 heterocycles. The number of pyridine rings is 1. The number of fused-ring (bicyclic) bond motifs is 9. The van der Waals surface area contributed by atoms with E-state index in [2.05, 4.69) is 10.3 Å². The van der Waals surface area contributed by atoms with Gasteiger partial charge in [0.05, 0.1) is 28.6 Å². The number of halogens is 2. The normalized spacial score (nSPS) is 18.8. The lowest BCUT2D eigenvalue weighted by Crippen LogP contribution is -2.28. The van der Waals surface area contributed by atoms with E-state index in [0.717, 1.165) is 22.2 Å². The van der Waals surface area contributed by atoms with Crippen molar-refractivity contribution < 1.29 is 22.9 Å². The number of aromatic nitrogens is 3. The average Bonchev–Trinajstić information content (AvgIpc) is 3.30. The van der Waals surface area contributed by atoms with Crippen molar-refractivity contribution >= 4 is 29.5 Å². The van der Waals surface area contributed by atoms with Crippen LogP contribution in [-0.4, -0.2) is 40.4 Å². The maximum absolute atomic E-state index is 13.2. The Hall–Kier alpha value is -3.58. The Balaban J connectivity index is 1.51. The molecule has 2 atom stereocenters. The van der Waals surface area contributed by atoms with Crippen LogP contribution in [0.4, 0.5) is 8.78 Å². The van der Waals surface area contributed by atoms with E-state index < -0.39 is 19.8 Å². The predicted molar refractivity (Wildman–Crippen MR) is 128 cm³/mol. The van der Waals surface area contributed by atoms with Gasteiger partial charge in [0, 0.05) is 22.9 Å². The zero-order chi connectivity index (χ0) is 24.5. The lowest BCUT2D eigenvalue weighted by atomic mass is 9.97. The number of imidazole rings is 1. The van der Waals surface area contributed by atoms with Gasteiger partial charge in [-0.3, -0.25) is 9.78 Å². The number of hydrogen-bond donors (Lipinski definition) is 1. The number of hydrogen-bond acceptors (Lipinski definition) is 5.